The van der Waals surface area contributed by atoms with Crippen LogP contribution in [0.2, 0.25) is 0 Å². The standard InChI is InChI=1S/C8H15FO.C7H5F3.H2/c1-7-2-4-8(5-3-7)10-6-9;1-4-2-3-5(8)7(10)6(4)9;/h7-8H,2-6H2,1H3;2-3H,1H3;1H. The lowest BCUT2D eigenvalue weighted by Gasteiger charge is -2.24. The molecule has 0 spiro atoms. The molecule has 5 heteroatoms. The van der Waals surface area contributed by atoms with E-state index in [2.05, 4.69) is 6.92 Å². The molecule has 0 atom stereocenters. The van der Waals surface area contributed by atoms with Crippen molar-refractivity contribution < 1.29 is 23.7 Å². The van der Waals surface area contributed by atoms with E-state index in [0.717, 1.165) is 24.8 Å². The fourth-order valence-electron chi connectivity index (χ4n) is 2.11. The van der Waals surface area contributed by atoms with Crippen LogP contribution in [0, 0.1) is 30.3 Å². The van der Waals surface area contributed by atoms with Crippen molar-refractivity contribution in [2.75, 3.05) is 6.86 Å². The first kappa shape index (κ1) is 17.0. The van der Waals surface area contributed by atoms with E-state index >= 15 is 0 Å². The molecule has 1 saturated carbocycles. The van der Waals surface area contributed by atoms with Gasteiger partial charge in [0.2, 0.25) is 0 Å². The maximum absolute atomic E-state index is 12.4. The first-order valence-electron chi connectivity index (χ1n) is 6.73. The summed E-state index contributed by atoms with van der Waals surface area (Å²) in [6.45, 7) is 3.00. The maximum atomic E-state index is 12.4. The topological polar surface area (TPSA) is 9.23 Å². The largest absolute Gasteiger partial charge is 0.347 e. The van der Waals surface area contributed by atoms with E-state index in [1.165, 1.54) is 25.8 Å². The van der Waals surface area contributed by atoms with E-state index in [9.17, 15) is 17.6 Å². The van der Waals surface area contributed by atoms with Gasteiger partial charge in [0.25, 0.3) is 0 Å². The van der Waals surface area contributed by atoms with E-state index < -0.39 is 24.3 Å². The molecule has 0 aliphatic heterocycles. The van der Waals surface area contributed by atoms with Gasteiger partial charge in [-0.25, -0.2) is 17.6 Å². The van der Waals surface area contributed by atoms with Crippen LogP contribution in [-0.4, -0.2) is 13.0 Å². The number of halogens is 4. The van der Waals surface area contributed by atoms with Gasteiger partial charge in [-0.05, 0) is 50.2 Å². The second-order valence-electron chi connectivity index (χ2n) is 5.15. The quantitative estimate of drug-likeness (QED) is 0.540. The van der Waals surface area contributed by atoms with Crippen molar-refractivity contribution >= 4 is 0 Å². The first-order valence-corrected chi connectivity index (χ1v) is 6.73. The van der Waals surface area contributed by atoms with Crippen molar-refractivity contribution in [2.45, 2.75) is 45.6 Å². The molecule has 0 bridgehead atoms. The summed E-state index contributed by atoms with van der Waals surface area (Å²) in [5.74, 6) is -2.84. The summed E-state index contributed by atoms with van der Waals surface area (Å²) in [4.78, 5) is 0. The minimum absolute atomic E-state index is 0. The van der Waals surface area contributed by atoms with E-state index in [4.69, 9.17) is 4.74 Å². The highest BCUT2D eigenvalue weighted by molar-refractivity contribution is 5.18. The number of aryl methyl sites for hydroxylation is 1. The van der Waals surface area contributed by atoms with Crippen LogP contribution >= 0.6 is 0 Å². The van der Waals surface area contributed by atoms with Crippen molar-refractivity contribution in [1.29, 1.82) is 0 Å². The smallest absolute Gasteiger partial charge is 0.194 e. The highest BCUT2D eigenvalue weighted by Gasteiger charge is 2.17. The number of benzene rings is 1. The summed E-state index contributed by atoms with van der Waals surface area (Å²) in [5, 5.41) is 0. The number of alkyl halides is 1. The molecule has 1 aliphatic carbocycles. The van der Waals surface area contributed by atoms with Crippen molar-refractivity contribution in [3.05, 3.63) is 35.1 Å². The summed E-state index contributed by atoms with van der Waals surface area (Å²) in [5.41, 5.74) is 0.110. The second kappa shape index (κ2) is 8.25. The van der Waals surface area contributed by atoms with Crippen LogP contribution < -0.4 is 0 Å². The van der Waals surface area contributed by atoms with Gasteiger partial charge >= 0.3 is 0 Å². The van der Waals surface area contributed by atoms with E-state index in [-0.39, 0.29) is 13.1 Å². The number of rotatable bonds is 2. The Morgan fingerprint density at radius 2 is 1.70 bits per heavy atom. The van der Waals surface area contributed by atoms with Crippen LogP contribution in [0.3, 0.4) is 0 Å². The van der Waals surface area contributed by atoms with Gasteiger partial charge in [0.05, 0.1) is 6.10 Å². The van der Waals surface area contributed by atoms with Gasteiger partial charge in [-0.2, -0.15) is 0 Å². The Kier molecular flexibility index (Phi) is 6.99. The van der Waals surface area contributed by atoms with Gasteiger partial charge in [-0.1, -0.05) is 13.0 Å². The highest BCUT2D eigenvalue weighted by Crippen LogP contribution is 2.25. The SMILES string of the molecule is CC1CCC(OCF)CC1.Cc1ccc(F)c(F)c1F.[HH]. The molecule has 0 unspecified atom stereocenters. The van der Waals surface area contributed by atoms with Crippen molar-refractivity contribution in [2.24, 2.45) is 5.92 Å². The Bertz CT molecular complexity index is 393. The predicted octanol–water partition coefficient (Wildman–Crippen LogP) is 5.17. The van der Waals surface area contributed by atoms with Gasteiger partial charge in [-0.15, -0.1) is 0 Å². The molecule has 20 heavy (non-hydrogen) atoms. The molecule has 0 aromatic heterocycles. The van der Waals surface area contributed by atoms with Gasteiger partial charge in [-0.3, -0.25) is 0 Å². The summed E-state index contributed by atoms with van der Waals surface area (Å²) in [6, 6.07) is 2.08. The summed E-state index contributed by atoms with van der Waals surface area (Å²) in [7, 11) is 0. The van der Waals surface area contributed by atoms with Crippen LogP contribution in [0.25, 0.3) is 0 Å². The molecule has 116 valence electrons. The fourth-order valence-corrected chi connectivity index (χ4v) is 2.11. The zero-order valence-electron chi connectivity index (χ0n) is 11.8. The lowest BCUT2D eigenvalue weighted by molar-refractivity contribution is -0.0274. The fraction of sp³-hybridized carbons (Fsp3) is 0.600. The molecule has 2 rings (SSSR count). The lowest BCUT2D eigenvalue weighted by atomic mass is 9.89. The predicted molar refractivity (Wildman–Crippen MR) is 71.6 cm³/mol. The van der Waals surface area contributed by atoms with E-state index in [1.54, 1.807) is 0 Å². The van der Waals surface area contributed by atoms with Crippen molar-refractivity contribution in [1.82, 2.24) is 0 Å². The Balaban J connectivity index is 0.000000364. The van der Waals surface area contributed by atoms with E-state index in [0.29, 0.717) is 0 Å². The van der Waals surface area contributed by atoms with Crippen LogP contribution in [0.1, 0.15) is 39.6 Å². The molecular weight excluding hydrogens is 272 g/mol. The van der Waals surface area contributed by atoms with Gasteiger partial charge < -0.3 is 4.74 Å². The molecule has 0 N–H and O–H groups in total. The van der Waals surface area contributed by atoms with E-state index in [1.807, 2.05) is 0 Å². The minimum Gasteiger partial charge on any atom is -0.347 e. The molecule has 1 fully saturated rings. The third-order valence-corrected chi connectivity index (χ3v) is 3.49. The summed E-state index contributed by atoms with van der Waals surface area (Å²) >= 11 is 0. The average molecular weight is 294 g/mol. The second-order valence-corrected chi connectivity index (χ2v) is 5.15. The molecule has 1 aromatic rings. The van der Waals surface area contributed by atoms with Gasteiger partial charge in [0, 0.05) is 1.43 Å². The monoisotopic (exact) mass is 294 g/mol. The molecular formula is C15H22F4O. The van der Waals surface area contributed by atoms with Crippen molar-refractivity contribution in [3.63, 3.8) is 0 Å². The molecule has 1 nitrogen and oxygen atoms in total. The molecule has 0 amide bonds. The molecule has 1 aliphatic rings. The Morgan fingerprint density at radius 1 is 1.10 bits per heavy atom. The van der Waals surface area contributed by atoms with Gasteiger partial charge in [0.1, 0.15) is 0 Å². The first-order chi connectivity index (χ1) is 9.45. The zero-order chi connectivity index (χ0) is 15.1. The number of hydrogen-bond donors (Lipinski definition) is 0. The maximum Gasteiger partial charge on any atom is 0.194 e. The van der Waals surface area contributed by atoms with Crippen LogP contribution in [0.15, 0.2) is 12.1 Å². The summed E-state index contributed by atoms with van der Waals surface area (Å²) < 4.78 is 53.3. The zero-order valence-corrected chi connectivity index (χ0v) is 11.8. The van der Waals surface area contributed by atoms with Crippen LogP contribution in [0.5, 0.6) is 0 Å². The summed E-state index contributed by atoms with van der Waals surface area (Å²) in [6.07, 6.45) is 4.70. The minimum atomic E-state index is -1.40. The Morgan fingerprint density at radius 3 is 2.20 bits per heavy atom. The van der Waals surface area contributed by atoms with Crippen molar-refractivity contribution in [3.8, 4) is 0 Å². The average Bonchev–Trinajstić information content (AvgIpc) is 2.44. The van der Waals surface area contributed by atoms with Crippen LogP contribution in [-0.2, 0) is 4.74 Å². The number of hydrogen-bond acceptors (Lipinski definition) is 1. The Hall–Kier alpha value is -1.10. The highest BCUT2D eigenvalue weighted by atomic mass is 19.2. The Labute approximate surface area is 118 Å². The van der Waals surface area contributed by atoms with Crippen LogP contribution in [0.4, 0.5) is 17.6 Å². The lowest BCUT2D eigenvalue weighted by Crippen LogP contribution is -2.19. The third kappa shape index (κ3) is 5.12. The normalized spacial score (nSPS) is 22.1. The molecule has 0 saturated heterocycles. The number of ether oxygens (including phenoxy) is 1. The molecule has 1 aromatic carbocycles. The van der Waals surface area contributed by atoms with Gasteiger partial charge in [0.15, 0.2) is 24.3 Å². The molecule has 0 radical (unpaired) electrons. The third-order valence-electron chi connectivity index (χ3n) is 3.49. The molecule has 0 heterocycles.